The van der Waals surface area contributed by atoms with Crippen LogP contribution >= 0.6 is 0 Å². The summed E-state index contributed by atoms with van der Waals surface area (Å²) in [7, 11) is 0. The third-order valence-electron chi connectivity index (χ3n) is 8.16. The molecule has 2 aromatic rings. The first-order valence-corrected chi connectivity index (χ1v) is 13.6. The number of ether oxygens (including phenoxy) is 1. The van der Waals surface area contributed by atoms with Crippen LogP contribution in [0.1, 0.15) is 83.5 Å². The van der Waals surface area contributed by atoms with Crippen molar-refractivity contribution in [3.05, 3.63) is 60.2 Å². The van der Waals surface area contributed by atoms with Gasteiger partial charge >= 0.3 is 6.09 Å². The van der Waals surface area contributed by atoms with E-state index in [4.69, 9.17) is 4.74 Å². The van der Waals surface area contributed by atoms with Gasteiger partial charge in [0.15, 0.2) is 0 Å². The number of nitrogens with zero attached hydrogens (tertiary/aromatic N) is 3. The number of fused-ring (bicyclic) bond motifs is 4. The van der Waals surface area contributed by atoms with Crippen LogP contribution in [0.15, 0.2) is 48.8 Å². The number of carbonyl (C=O) groups is 1. The van der Waals surface area contributed by atoms with E-state index in [0.717, 1.165) is 31.4 Å². The lowest BCUT2D eigenvalue weighted by molar-refractivity contribution is -0.0647. The van der Waals surface area contributed by atoms with Gasteiger partial charge in [-0.2, -0.15) is 0 Å². The Kier molecular flexibility index (Phi) is 7.02. The van der Waals surface area contributed by atoms with Crippen molar-refractivity contribution in [3.63, 3.8) is 0 Å². The van der Waals surface area contributed by atoms with Crippen molar-refractivity contribution in [2.75, 3.05) is 0 Å². The Balaban J connectivity index is 0.000000162. The van der Waals surface area contributed by atoms with E-state index in [0.29, 0.717) is 30.6 Å². The maximum Gasteiger partial charge on any atom is 0.410 e. The lowest BCUT2D eigenvalue weighted by Gasteiger charge is -2.43. The van der Waals surface area contributed by atoms with Crippen molar-refractivity contribution in [2.24, 2.45) is 0 Å². The Morgan fingerprint density at radius 3 is 1.78 bits per heavy atom. The molecule has 8 heteroatoms. The van der Waals surface area contributed by atoms with E-state index in [2.05, 4.69) is 15.3 Å². The third-order valence-corrected chi connectivity index (χ3v) is 8.16. The second-order valence-electron chi connectivity index (χ2n) is 12.2. The van der Waals surface area contributed by atoms with Gasteiger partial charge in [0, 0.05) is 49.4 Å². The van der Waals surface area contributed by atoms with Crippen LogP contribution in [0.25, 0.3) is 0 Å². The molecule has 4 fully saturated rings. The smallest absolute Gasteiger partial charge is 0.410 e. The van der Waals surface area contributed by atoms with Gasteiger partial charge in [0.1, 0.15) is 16.8 Å². The average molecular weight is 509 g/mol. The summed E-state index contributed by atoms with van der Waals surface area (Å²) in [5.41, 5.74) is -0.589. The average Bonchev–Trinajstić information content (AvgIpc) is 3.35. The van der Waals surface area contributed by atoms with Gasteiger partial charge in [0.2, 0.25) is 0 Å². The molecule has 0 aliphatic carbocycles. The third kappa shape index (κ3) is 5.66. The van der Waals surface area contributed by atoms with Crippen molar-refractivity contribution in [2.45, 2.75) is 113 Å². The number of pyridine rings is 2. The van der Waals surface area contributed by atoms with E-state index in [1.807, 2.05) is 62.1 Å². The number of rotatable bonds is 2. The zero-order chi connectivity index (χ0) is 26.3. The molecule has 0 radical (unpaired) electrons. The van der Waals surface area contributed by atoms with Crippen LogP contribution in [-0.2, 0) is 15.9 Å². The van der Waals surface area contributed by atoms with Gasteiger partial charge in [-0.25, -0.2) is 4.79 Å². The molecule has 4 aliphatic rings. The van der Waals surface area contributed by atoms with E-state index >= 15 is 0 Å². The minimum absolute atomic E-state index is 0.0283. The molecule has 4 atom stereocenters. The summed E-state index contributed by atoms with van der Waals surface area (Å²) in [4.78, 5) is 22.9. The lowest BCUT2D eigenvalue weighted by Crippen LogP contribution is -2.53. The second-order valence-corrected chi connectivity index (χ2v) is 12.2. The van der Waals surface area contributed by atoms with Crippen LogP contribution in [0.2, 0.25) is 0 Å². The zero-order valence-electron chi connectivity index (χ0n) is 22.1. The predicted octanol–water partition coefficient (Wildman–Crippen LogP) is 4.01. The molecule has 3 N–H and O–H groups in total. The maximum absolute atomic E-state index is 12.4. The zero-order valence-corrected chi connectivity index (χ0v) is 22.1. The highest BCUT2D eigenvalue weighted by Crippen LogP contribution is 2.45. The Morgan fingerprint density at radius 1 is 0.865 bits per heavy atom. The lowest BCUT2D eigenvalue weighted by atomic mass is 9.83. The van der Waals surface area contributed by atoms with Crippen molar-refractivity contribution >= 4 is 6.09 Å². The molecular formula is C29H40N4O4. The first-order chi connectivity index (χ1) is 17.5. The van der Waals surface area contributed by atoms with Gasteiger partial charge in [0.05, 0.1) is 11.4 Å². The van der Waals surface area contributed by atoms with Crippen LogP contribution < -0.4 is 5.32 Å². The van der Waals surface area contributed by atoms with Crippen molar-refractivity contribution in [1.82, 2.24) is 20.2 Å². The molecule has 0 spiro atoms. The Labute approximate surface area is 219 Å². The molecule has 4 bridgehead atoms. The number of nitrogens with one attached hydrogen (secondary N) is 1. The second kappa shape index (κ2) is 9.97. The van der Waals surface area contributed by atoms with E-state index in [1.165, 1.54) is 12.8 Å². The SMILES string of the molecule is CC(C)(C)OC(=O)N1C2CCC1CC(O)(c1ccccn1)C2.OC1(c2ccccn2)CC2CCC(C1)N2. The topological polar surface area (TPSA) is 108 Å². The predicted molar refractivity (Wildman–Crippen MR) is 140 cm³/mol. The highest BCUT2D eigenvalue weighted by molar-refractivity contribution is 5.69. The van der Waals surface area contributed by atoms with Crippen molar-refractivity contribution in [3.8, 4) is 0 Å². The Hall–Kier alpha value is -2.55. The van der Waals surface area contributed by atoms with Crippen LogP contribution in [0, 0.1) is 0 Å². The summed E-state index contributed by atoms with van der Waals surface area (Å²) in [5, 5.41) is 25.2. The Bertz CT molecular complexity index is 1050. The number of piperidine rings is 2. The van der Waals surface area contributed by atoms with Gasteiger partial charge in [0.25, 0.3) is 0 Å². The molecule has 4 aliphatic heterocycles. The normalized spacial score (nSPS) is 34.5. The first-order valence-electron chi connectivity index (χ1n) is 13.6. The highest BCUT2D eigenvalue weighted by atomic mass is 16.6. The van der Waals surface area contributed by atoms with Gasteiger partial charge in [-0.05, 0) is 83.6 Å². The molecule has 0 aromatic carbocycles. The van der Waals surface area contributed by atoms with E-state index in [-0.39, 0.29) is 18.2 Å². The summed E-state index contributed by atoms with van der Waals surface area (Å²) < 4.78 is 5.52. The van der Waals surface area contributed by atoms with Crippen LogP contribution in [-0.4, -0.2) is 60.9 Å². The summed E-state index contributed by atoms with van der Waals surface area (Å²) in [6.45, 7) is 5.63. The van der Waals surface area contributed by atoms with Gasteiger partial charge in [-0.3, -0.25) is 9.97 Å². The highest BCUT2D eigenvalue weighted by Gasteiger charge is 2.51. The molecule has 6 rings (SSSR count). The number of amides is 1. The molecule has 200 valence electrons. The molecule has 4 unspecified atom stereocenters. The molecule has 2 aromatic heterocycles. The standard InChI is InChI=1S/C17H24N2O3.C12H16N2O/c1-16(2,3)22-15(20)19-12-7-8-13(19)11-17(21,10-12)14-6-4-5-9-18-14;15-12(11-3-1-2-6-13-11)7-9-4-5-10(8-12)14-9/h4-6,9,12-13,21H,7-8,10-11H2,1-3H3;1-3,6,9-10,14-15H,4-5,7-8H2. The van der Waals surface area contributed by atoms with Crippen LogP contribution in [0.4, 0.5) is 4.79 Å². The molecule has 37 heavy (non-hydrogen) atoms. The number of aromatic nitrogens is 2. The first kappa shape index (κ1) is 26.1. The van der Waals surface area contributed by atoms with Crippen LogP contribution in [0.3, 0.4) is 0 Å². The fourth-order valence-corrected chi connectivity index (χ4v) is 6.65. The molecule has 1 amide bonds. The number of carbonyl (C=O) groups excluding carboxylic acids is 1. The summed E-state index contributed by atoms with van der Waals surface area (Å²) in [6.07, 6.45) is 10.1. The van der Waals surface area contributed by atoms with E-state index in [1.54, 1.807) is 12.4 Å². The van der Waals surface area contributed by atoms with Gasteiger partial charge in [-0.15, -0.1) is 0 Å². The van der Waals surface area contributed by atoms with E-state index < -0.39 is 16.8 Å². The summed E-state index contributed by atoms with van der Waals surface area (Å²) in [5.74, 6) is 0. The summed E-state index contributed by atoms with van der Waals surface area (Å²) >= 11 is 0. The molecule has 0 saturated carbocycles. The Morgan fingerprint density at radius 2 is 1.35 bits per heavy atom. The number of hydrogen-bond acceptors (Lipinski definition) is 7. The summed E-state index contributed by atoms with van der Waals surface area (Å²) in [6, 6.07) is 12.4. The fourth-order valence-electron chi connectivity index (χ4n) is 6.65. The van der Waals surface area contributed by atoms with Crippen molar-refractivity contribution < 1.29 is 19.7 Å². The van der Waals surface area contributed by atoms with Gasteiger partial charge < -0.3 is 25.2 Å². The van der Waals surface area contributed by atoms with Crippen molar-refractivity contribution in [1.29, 1.82) is 0 Å². The monoisotopic (exact) mass is 508 g/mol. The maximum atomic E-state index is 12.4. The van der Waals surface area contributed by atoms with E-state index in [9.17, 15) is 15.0 Å². The molecular weight excluding hydrogens is 468 g/mol. The minimum Gasteiger partial charge on any atom is -0.444 e. The largest absolute Gasteiger partial charge is 0.444 e. The molecule has 6 heterocycles. The van der Waals surface area contributed by atoms with Crippen LogP contribution in [0.5, 0.6) is 0 Å². The quantitative estimate of drug-likeness (QED) is 0.562. The van der Waals surface area contributed by atoms with Gasteiger partial charge in [-0.1, -0.05) is 12.1 Å². The number of hydrogen-bond donors (Lipinski definition) is 3. The molecule has 8 nitrogen and oxygen atoms in total. The fraction of sp³-hybridized carbons (Fsp3) is 0.621. The minimum atomic E-state index is -0.939. The number of aliphatic hydroxyl groups is 2. The molecule has 4 saturated heterocycles.